The smallest absolute Gasteiger partial charge is 0.407 e. The summed E-state index contributed by atoms with van der Waals surface area (Å²) in [7, 11) is 0. The lowest BCUT2D eigenvalue weighted by Crippen LogP contribution is -2.27. The Morgan fingerprint density at radius 2 is 0.859 bits per heavy atom. The van der Waals surface area contributed by atoms with Gasteiger partial charge in [0, 0.05) is 19.1 Å². The molecule has 4 rings (SSSR count). The van der Waals surface area contributed by atoms with E-state index in [2.05, 4.69) is 60.8 Å². The van der Waals surface area contributed by atoms with Gasteiger partial charge in [0.15, 0.2) is 0 Å². The zero-order valence-corrected chi connectivity index (χ0v) is 38.6. The number of hydrogen-bond donors (Lipinski definition) is 1. The predicted octanol–water partition coefficient (Wildman–Crippen LogP) is 8.44. The van der Waals surface area contributed by atoms with Crippen LogP contribution in [-0.2, 0) is 53.8 Å². The predicted molar refractivity (Wildman–Crippen MR) is 249 cm³/mol. The van der Waals surface area contributed by atoms with Gasteiger partial charge in [0.2, 0.25) is 0 Å². The molecule has 1 N–H and O–H groups in total. The van der Waals surface area contributed by atoms with Crippen molar-refractivity contribution in [3.05, 3.63) is 89.5 Å². The van der Waals surface area contributed by atoms with Gasteiger partial charge in [-0.2, -0.15) is 0 Å². The van der Waals surface area contributed by atoms with Crippen molar-refractivity contribution < 1.29 is 56.9 Å². The van der Waals surface area contributed by atoms with Crippen LogP contribution in [0.25, 0.3) is 11.1 Å². The molecule has 64 heavy (non-hydrogen) atoms. The van der Waals surface area contributed by atoms with Crippen molar-refractivity contribution in [3.63, 3.8) is 0 Å². The molecule has 1 amide bonds. The summed E-state index contributed by atoms with van der Waals surface area (Å²) >= 11 is 0. The molecule has 1 aliphatic carbocycles. The number of benzene rings is 3. The van der Waals surface area contributed by atoms with E-state index < -0.39 is 6.09 Å². The zero-order valence-electron chi connectivity index (χ0n) is 38.6. The number of amides is 1. The minimum atomic E-state index is -0.414. The second kappa shape index (κ2) is 36.6. The van der Waals surface area contributed by atoms with Gasteiger partial charge in [-0.25, -0.2) is 4.79 Å². The average Bonchev–Trinajstić information content (AvgIpc) is 3.64. The molecule has 13 heteroatoms. The van der Waals surface area contributed by atoms with E-state index in [4.69, 9.17) is 52.1 Å². The standard InChI is InChI=1S/C51H77NO12/c1-2-3-4-5-6-7-8-14-44-19-21-45(22-20-44)63-42-41-62-40-39-61-38-37-60-36-35-59-34-33-58-32-31-57-30-29-56-28-27-55-26-25-54-24-13-23-52-51(53)64-43-50-48-17-11-9-15-46(48)47-16-10-12-18-49(47)50/h9-12,15-22,50H,2-8,13-14,23-43H2,1H3,(H,52,53). The quantitative estimate of drug-likeness (QED) is 0.0548. The maximum atomic E-state index is 12.3. The molecule has 0 bridgehead atoms. The monoisotopic (exact) mass is 896 g/mol. The van der Waals surface area contributed by atoms with Crippen LogP contribution in [0.1, 0.15) is 80.9 Å². The summed E-state index contributed by atoms with van der Waals surface area (Å²) in [6.07, 6.45) is 10.8. The Hall–Kier alpha value is -3.63. The van der Waals surface area contributed by atoms with E-state index >= 15 is 0 Å². The van der Waals surface area contributed by atoms with Crippen LogP contribution in [-0.4, -0.2) is 145 Å². The lowest BCUT2D eigenvalue weighted by molar-refractivity contribution is -0.0254. The van der Waals surface area contributed by atoms with Gasteiger partial charge in [-0.3, -0.25) is 0 Å². The van der Waals surface area contributed by atoms with E-state index in [1.54, 1.807) is 0 Å². The Bertz CT molecular complexity index is 1530. The normalized spacial score (nSPS) is 12.1. The summed E-state index contributed by atoms with van der Waals surface area (Å²) in [5, 5.41) is 2.81. The molecular weight excluding hydrogens is 819 g/mol. The van der Waals surface area contributed by atoms with Crippen molar-refractivity contribution in [2.45, 2.75) is 70.6 Å². The maximum absolute atomic E-state index is 12.3. The molecule has 0 saturated carbocycles. The first-order chi connectivity index (χ1) is 31.8. The van der Waals surface area contributed by atoms with Crippen LogP contribution < -0.4 is 10.1 Å². The van der Waals surface area contributed by atoms with Gasteiger partial charge in [-0.1, -0.05) is 106 Å². The summed E-state index contributed by atoms with van der Waals surface area (Å²) in [5.41, 5.74) is 6.19. The summed E-state index contributed by atoms with van der Waals surface area (Å²) in [6.45, 7) is 12.6. The van der Waals surface area contributed by atoms with Gasteiger partial charge < -0.3 is 57.4 Å². The highest BCUT2D eigenvalue weighted by Crippen LogP contribution is 2.44. The van der Waals surface area contributed by atoms with Crippen molar-refractivity contribution in [1.82, 2.24) is 5.32 Å². The van der Waals surface area contributed by atoms with Gasteiger partial charge in [0.25, 0.3) is 0 Å². The number of carbonyl (C=O) groups is 1. The second-order valence-electron chi connectivity index (χ2n) is 15.5. The number of alkyl carbamates (subject to hydrolysis) is 1. The Labute approximate surface area is 383 Å². The number of unbranched alkanes of at least 4 members (excludes halogenated alkanes) is 6. The van der Waals surface area contributed by atoms with Crippen LogP contribution in [0.2, 0.25) is 0 Å². The first kappa shape index (κ1) is 53.0. The van der Waals surface area contributed by atoms with E-state index in [9.17, 15) is 4.79 Å². The molecule has 1 aliphatic rings. The molecule has 0 spiro atoms. The van der Waals surface area contributed by atoms with Gasteiger partial charge in [-0.05, 0) is 59.2 Å². The van der Waals surface area contributed by atoms with Crippen LogP contribution >= 0.6 is 0 Å². The van der Waals surface area contributed by atoms with Crippen molar-refractivity contribution in [3.8, 4) is 16.9 Å². The second-order valence-corrected chi connectivity index (χ2v) is 15.5. The molecular formula is C51H77NO12. The van der Waals surface area contributed by atoms with Crippen LogP contribution in [0.3, 0.4) is 0 Å². The van der Waals surface area contributed by atoms with Crippen molar-refractivity contribution in [2.24, 2.45) is 0 Å². The minimum absolute atomic E-state index is 0.0490. The highest BCUT2D eigenvalue weighted by Gasteiger charge is 2.29. The first-order valence-electron chi connectivity index (χ1n) is 23.8. The number of nitrogens with one attached hydrogen (secondary N) is 1. The third-order valence-corrected chi connectivity index (χ3v) is 10.5. The maximum Gasteiger partial charge on any atom is 0.407 e. The Morgan fingerprint density at radius 1 is 0.453 bits per heavy atom. The van der Waals surface area contributed by atoms with E-state index in [1.165, 1.54) is 72.8 Å². The summed E-state index contributed by atoms with van der Waals surface area (Å²) in [6, 6.07) is 25.0. The number of rotatable bonds is 42. The van der Waals surface area contributed by atoms with E-state index in [1.807, 2.05) is 24.3 Å². The summed E-state index contributed by atoms with van der Waals surface area (Å²) in [4.78, 5) is 12.3. The molecule has 0 fully saturated rings. The third-order valence-electron chi connectivity index (χ3n) is 10.5. The highest BCUT2D eigenvalue weighted by molar-refractivity contribution is 5.79. The number of carbonyl (C=O) groups excluding carboxylic acids is 1. The van der Waals surface area contributed by atoms with Crippen molar-refractivity contribution in [1.29, 1.82) is 0 Å². The fourth-order valence-corrected chi connectivity index (χ4v) is 7.13. The molecule has 358 valence electrons. The largest absolute Gasteiger partial charge is 0.491 e. The number of aryl methyl sites for hydroxylation is 1. The highest BCUT2D eigenvalue weighted by atomic mass is 16.6. The fraction of sp³-hybridized carbons (Fsp3) is 0.627. The van der Waals surface area contributed by atoms with Gasteiger partial charge in [0.1, 0.15) is 19.0 Å². The molecule has 0 atom stereocenters. The van der Waals surface area contributed by atoms with E-state index in [0.29, 0.717) is 145 Å². The molecule has 0 aromatic heterocycles. The lowest BCUT2D eigenvalue weighted by atomic mass is 9.98. The Morgan fingerprint density at radius 3 is 1.33 bits per heavy atom. The summed E-state index contributed by atoms with van der Waals surface area (Å²) < 4.78 is 61.4. The van der Waals surface area contributed by atoms with Gasteiger partial charge in [0.05, 0.1) is 112 Å². The Kier molecular flexibility index (Phi) is 30.3. The van der Waals surface area contributed by atoms with Crippen molar-refractivity contribution >= 4 is 6.09 Å². The molecule has 0 unspecified atom stereocenters. The average molecular weight is 896 g/mol. The summed E-state index contributed by atoms with van der Waals surface area (Å²) in [5.74, 6) is 0.932. The molecule has 3 aromatic carbocycles. The minimum Gasteiger partial charge on any atom is -0.491 e. The molecule has 0 saturated heterocycles. The number of fused-ring (bicyclic) bond motifs is 3. The first-order valence-corrected chi connectivity index (χ1v) is 23.8. The molecule has 3 aromatic rings. The fourth-order valence-electron chi connectivity index (χ4n) is 7.13. The molecule has 0 radical (unpaired) electrons. The van der Waals surface area contributed by atoms with Gasteiger partial charge in [-0.15, -0.1) is 0 Å². The molecule has 13 nitrogen and oxygen atoms in total. The SMILES string of the molecule is CCCCCCCCCc1ccc(OCCOCCOCCOCCOCCOCCOCCOCCOCCOCCCNC(=O)OCC2c3ccccc3-c3ccccc32)cc1. The van der Waals surface area contributed by atoms with Crippen LogP contribution in [0.4, 0.5) is 4.79 Å². The van der Waals surface area contributed by atoms with Crippen molar-refractivity contribution in [2.75, 3.05) is 139 Å². The molecule has 0 aliphatic heterocycles. The van der Waals surface area contributed by atoms with E-state index in [0.717, 1.165) is 12.2 Å². The zero-order chi connectivity index (χ0) is 44.8. The third kappa shape index (κ3) is 24.1. The molecule has 0 heterocycles. The lowest BCUT2D eigenvalue weighted by Gasteiger charge is -2.14. The topological polar surface area (TPSA) is 131 Å². The van der Waals surface area contributed by atoms with Gasteiger partial charge >= 0.3 is 6.09 Å². The van der Waals surface area contributed by atoms with Crippen LogP contribution in [0.15, 0.2) is 72.8 Å². The van der Waals surface area contributed by atoms with Crippen LogP contribution in [0, 0.1) is 0 Å². The van der Waals surface area contributed by atoms with Crippen LogP contribution in [0.5, 0.6) is 5.75 Å². The number of hydrogen-bond acceptors (Lipinski definition) is 12. The number of ether oxygens (including phenoxy) is 11. The van der Waals surface area contributed by atoms with E-state index in [-0.39, 0.29) is 5.92 Å². The Balaban J connectivity index is 0.776.